The number of hydrogen-bond acceptors (Lipinski definition) is 3. The number of nitrogens with two attached hydrogens (primary N) is 1. The fourth-order valence-corrected chi connectivity index (χ4v) is 3.55. The molecule has 1 aliphatic heterocycles. The number of amides is 2. The molecule has 1 aliphatic rings. The molecule has 1 saturated heterocycles. The first-order valence-corrected chi connectivity index (χ1v) is 9.05. The number of primary amides is 1. The number of likely N-dealkylation sites (tertiary alicyclic amines) is 1. The van der Waals surface area contributed by atoms with E-state index in [0.717, 1.165) is 17.0 Å². The second-order valence-corrected chi connectivity index (χ2v) is 7.16. The molecule has 6 heteroatoms. The summed E-state index contributed by atoms with van der Waals surface area (Å²) in [5.41, 5.74) is 10.1. The van der Waals surface area contributed by atoms with Gasteiger partial charge < -0.3 is 10.6 Å². The lowest BCUT2D eigenvalue weighted by Gasteiger charge is -2.30. The highest BCUT2D eigenvalue weighted by Crippen LogP contribution is 2.22. The molecule has 0 spiro atoms. The van der Waals surface area contributed by atoms with Gasteiger partial charge in [0.05, 0.1) is 17.8 Å². The molecule has 3 rings (SSSR count). The summed E-state index contributed by atoms with van der Waals surface area (Å²) >= 11 is 0. The summed E-state index contributed by atoms with van der Waals surface area (Å²) < 4.78 is 1.89. The van der Waals surface area contributed by atoms with Crippen LogP contribution in [0, 0.1) is 26.7 Å². The maximum absolute atomic E-state index is 13.0. The summed E-state index contributed by atoms with van der Waals surface area (Å²) in [7, 11) is 0. The van der Waals surface area contributed by atoms with Crippen LogP contribution in [0.5, 0.6) is 0 Å². The van der Waals surface area contributed by atoms with E-state index in [0.29, 0.717) is 38.0 Å². The van der Waals surface area contributed by atoms with Gasteiger partial charge in [-0.25, -0.2) is 0 Å². The van der Waals surface area contributed by atoms with E-state index < -0.39 is 0 Å². The van der Waals surface area contributed by atoms with Crippen LogP contribution in [-0.4, -0.2) is 39.6 Å². The molecule has 0 atom stereocenters. The molecule has 1 fully saturated rings. The van der Waals surface area contributed by atoms with Crippen molar-refractivity contribution in [3.8, 4) is 0 Å². The van der Waals surface area contributed by atoms with Gasteiger partial charge in [0.15, 0.2) is 0 Å². The highest BCUT2D eigenvalue weighted by Gasteiger charge is 2.29. The monoisotopic (exact) mass is 354 g/mol. The fourth-order valence-electron chi connectivity index (χ4n) is 3.55. The van der Waals surface area contributed by atoms with Crippen molar-refractivity contribution in [2.24, 2.45) is 11.7 Å². The van der Waals surface area contributed by atoms with Crippen molar-refractivity contribution in [1.82, 2.24) is 14.7 Å². The van der Waals surface area contributed by atoms with Crippen LogP contribution < -0.4 is 5.73 Å². The Morgan fingerprint density at radius 2 is 1.73 bits per heavy atom. The van der Waals surface area contributed by atoms with Crippen molar-refractivity contribution < 1.29 is 9.59 Å². The quantitative estimate of drug-likeness (QED) is 0.914. The number of carbonyl (C=O) groups is 2. The molecule has 26 heavy (non-hydrogen) atoms. The predicted octanol–water partition coefficient (Wildman–Crippen LogP) is 2.19. The Bertz CT molecular complexity index is 815. The van der Waals surface area contributed by atoms with E-state index in [4.69, 9.17) is 5.73 Å². The topological polar surface area (TPSA) is 81.2 Å². The van der Waals surface area contributed by atoms with Crippen LogP contribution in [0.1, 0.15) is 45.7 Å². The standard InChI is InChI=1S/C20H26N4O2/c1-13-4-6-16(7-5-13)12-24-15(3)18(14(2)22-24)20(26)23-10-8-17(9-11-23)19(21)25/h4-7,17H,8-12H2,1-3H3,(H2,21,25). The van der Waals surface area contributed by atoms with E-state index in [-0.39, 0.29) is 17.7 Å². The Kier molecular flexibility index (Phi) is 5.11. The van der Waals surface area contributed by atoms with Gasteiger partial charge >= 0.3 is 0 Å². The van der Waals surface area contributed by atoms with Crippen LogP contribution in [0.4, 0.5) is 0 Å². The van der Waals surface area contributed by atoms with E-state index >= 15 is 0 Å². The summed E-state index contributed by atoms with van der Waals surface area (Å²) in [6.07, 6.45) is 1.27. The SMILES string of the molecule is Cc1ccc(Cn2nc(C)c(C(=O)N3CCC(C(N)=O)CC3)c2C)cc1. The lowest BCUT2D eigenvalue weighted by Crippen LogP contribution is -2.42. The highest BCUT2D eigenvalue weighted by atomic mass is 16.2. The van der Waals surface area contributed by atoms with Crippen molar-refractivity contribution in [1.29, 1.82) is 0 Å². The Morgan fingerprint density at radius 1 is 1.12 bits per heavy atom. The molecule has 2 aromatic rings. The van der Waals surface area contributed by atoms with Gasteiger partial charge in [-0.05, 0) is 39.2 Å². The molecule has 2 amide bonds. The summed E-state index contributed by atoms with van der Waals surface area (Å²) in [5, 5.41) is 4.58. The lowest BCUT2D eigenvalue weighted by molar-refractivity contribution is -0.123. The Labute approximate surface area is 154 Å². The Morgan fingerprint density at radius 3 is 2.31 bits per heavy atom. The Hall–Kier alpha value is -2.63. The number of nitrogens with zero attached hydrogens (tertiary/aromatic N) is 3. The molecule has 1 aromatic carbocycles. The fraction of sp³-hybridized carbons (Fsp3) is 0.450. The van der Waals surface area contributed by atoms with Crippen LogP contribution in [-0.2, 0) is 11.3 Å². The van der Waals surface area contributed by atoms with Gasteiger partial charge in [-0.3, -0.25) is 14.3 Å². The minimum Gasteiger partial charge on any atom is -0.369 e. The van der Waals surface area contributed by atoms with Gasteiger partial charge in [0, 0.05) is 24.7 Å². The molecule has 2 heterocycles. The highest BCUT2D eigenvalue weighted by molar-refractivity contribution is 5.96. The average molecular weight is 354 g/mol. The summed E-state index contributed by atoms with van der Waals surface area (Å²) in [5.74, 6) is -0.390. The summed E-state index contributed by atoms with van der Waals surface area (Å²) in [6, 6.07) is 8.33. The molecule has 0 unspecified atom stereocenters. The van der Waals surface area contributed by atoms with Crippen LogP contribution in [0.15, 0.2) is 24.3 Å². The first kappa shape index (κ1) is 18.2. The largest absolute Gasteiger partial charge is 0.369 e. The zero-order valence-electron chi connectivity index (χ0n) is 15.7. The normalized spacial score (nSPS) is 15.3. The van der Waals surface area contributed by atoms with Gasteiger partial charge in [-0.1, -0.05) is 29.8 Å². The van der Waals surface area contributed by atoms with E-state index in [1.165, 1.54) is 5.56 Å². The number of hydrogen-bond donors (Lipinski definition) is 1. The third kappa shape index (κ3) is 3.64. The number of aromatic nitrogens is 2. The molecule has 0 aliphatic carbocycles. The van der Waals surface area contributed by atoms with E-state index in [9.17, 15) is 9.59 Å². The van der Waals surface area contributed by atoms with Crippen LogP contribution >= 0.6 is 0 Å². The zero-order valence-corrected chi connectivity index (χ0v) is 15.7. The van der Waals surface area contributed by atoms with Crippen molar-refractivity contribution in [3.05, 3.63) is 52.3 Å². The molecule has 6 nitrogen and oxygen atoms in total. The number of rotatable bonds is 4. The van der Waals surface area contributed by atoms with Crippen molar-refractivity contribution in [2.45, 2.75) is 40.2 Å². The average Bonchev–Trinajstić information content (AvgIpc) is 2.90. The van der Waals surface area contributed by atoms with Gasteiger partial charge in [0.25, 0.3) is 5.91 Å². The second-order valence-electron chi connectivity index (χ2n) is 7.16. The van der Waals surface area contributed by atoms with Crippen LogP contribution in [0.3, 0.4) is 0 Å². The summed E-state index contributed by atoms with van der Waals surface area (Å²) in [4.78, 5) is 26.1. The second kappa shape index (κ2) is 7.32. The van der Waals surface area contributed by atoms with Crippen molar-refractivity contribution in [2.75, 3.05) is 13.1 Å². The molecular weight excluding hydrogens is 328 g/mol. The van der Waals surface area contributed by atoms with Gasteiger partial charge in [0.2, 0.25) is 5.91 Å². The smallest absolute Gasteiger partial charge is 0.257 e. The third-order valence-electron chi connectivity index (χ3n) is 5.23. The van der Waals surface area contributed by atoms with Gasteiger partial charge in [0.1, 0.15) is 0 Å². The maximum Gasteiger partial charge on any atom is 0.257 e. The minimum atomic E-state index is -0.268. The molecule has 0 radical (unpaired) electrons. The molecule has 138 valence electrons. The molecule has 2 N–H and O–H groups in total. The minimum absolute atomic E-state index is 0.00178. The number of carbonyl (C=O) groups excluding carboxylic acids is 2. The number of benzene rings is 1. The predicted molar refractivity (Wildman–Crippen MR) is 99.8 cm³/mol. The molecular formula is C20H26N4O2. The first-order valence-electron chi connectivity index (χ1n) is 9.05. The van der Waals surface area contributed by atoms with Crippen LogP contribution in [0.25, 0.3) is 0 Å². The maximum atomic E-state index is 13.0. The van der Waals surface area contributed by atoms with E-state index in [1.807, 2.05) is 23.4 Å². The number of aryl methyl sites for hydroxylation is 2. The van der Waals surface area contributed by atoms with Gasteiger partial charge in [-0.2, -0.15) is 5.10 Å². The number of piperidine rings is 1. The van der Waals surface area contributed by atoms with Crippen molar-refractivity contribution >= 4 is 11.8 Å². The third-order valence-corrected chi connectivity index (χ3v) is 5.23. The first-order chi connectivity index (χ1) is 12.4. The van der Waals surface area contributed by atoms with E-state index in [2.05, 4.69) is 36.3 Å². The van der Waals surface area contributed by atoms with E-state index in [1.54, 1.807) is 0 Å². The zero-order chi connectivity index (χ0) is 18.8. The molecule has 0 saturated carbocycles. The molecule has 0 bridgehead atoms. The van der Waals surface area contributed by atoms with Gasteiger partial charge in [-0.15, -0.1) is 0 Å². The van der Waals surface area contributed by atoms with Crippen molar-refractivity contribution in [3.63, 3.8) is 0 Å². The molecule has 1 aromatic heterocycles. The Balaban J connectivity index is 1.76. The van der Waals surface area contributed by atoms with Crippen LogP contribution in [0.2, 0.25) is 0 Å². The lowest BCUT2D eigenvalue weighted by atomic mass is 9.95. The summed E-state index contributed by atoms with van der Waals surface area (Å²) in [6.45, 7) is 7.65.